The number of pyridine rings is 1. The molecule has 0 unspecified atom stereocenters. The van der Waals surface area contributed by atoms with Crippen molar-refractivity contribution < 1.29 is 23.5 Å². The quantitative estimate of drug-likeness (QED) is 0.322. The van der Waals surface area contributed by atoms with Crippen LogP contribution in [0.15, 0.2) is 34.7 Å². The second-order valence-electron chi connectivity index (χ2n) is 7.95. The molecule has 1 aliphatic rings. The van der Waals surface area contributed by atoms with Crippen molar-refractivity contribution in [3.63, 3.8) is 0 Å². The molecule has 0 amide bonds. The van der Waals surface area contributed by atoms with Gasteiger partial charge in [0.2, 0.25) is 5.88 Å². The Kier molecular flexibility index (Phi) is 7.18. The van der Waals surface area contributed by atoms with Crippen LogP contribution in [-0.4, -0.2) is 36.2 Å². The van der Waals surface area contributed by atoms with Crippen molar-refractivity contribution >= 4 is 40.3 Å². The Balaban J connectivity index is 1.91. The van der Waals surface area contributed by atoms with Crippen molar-refractivity contribution in [2.75, 3.05) is 18.5 Å². The van der Waals surface area contributed by atoms with Gasteiger partial charge >= 0.3 is 11.9 Å². The number of aromatic nitrogens is 1. The van der Waals surface area contributed by atoms with Crippen molar-refractivity contribution in [2.24, 2.45) is 0 Å². The molecule has 0 bridgehead atoms. The lowest BCUT2D eigenvalue weighted by Gasteiger charge is -2.22. The van der Waals surface area contributed by atoms with E-state index in [-0.39, 0.29) is 47.2 Å². The van der Waals surface area contributed by atoms with Crippen molar-refractivity contribution in [3.8, 4) is 11.3 Å². The summed E-state index contributed by atoms with van der Waals surface area (Å²) in [5.41, 5.74) is 1.13. The first-order valence-electron chi connectivity index (χ1n) is 11.4. The Morgan fingerprint density at radius 2 is 1.73 bits per heavy atom. The molecule has 33 heavy (non-hydrogen) atoms. The van der Waals surface area contributed by atoms with Gasteiger partial charge in [0.05, 0.1) is 24.3 Å². The fraction of sp³-hybridized carbons (Fsp3) is 0.400. The van der Waals surface area contributed by atoms with E-state index < -0.39 is 11.9 Å². The van der Waals surface area contributed by atoms with Crippen molar-refractivity contribution in [3.05, 3.63) is 46.6 Å². The highest BCUT2D eigenvalue weighted by atomic mass is 35.5. The zero-order valence-corrected chi connectivity index (χ0v) is 19.5. The number of esters is 2. The van der Waals surface area contributed by atoms with Crippen LogP contribution in [0.2, 0.25) is 5.15 Å². The van der Waals surface area contributed by atoms with E-state index in [4.69, 9.17) is 25.5 Å². The molecule has 2 aromatic heterocycles. The average Bonchev–Trinajstić information content (AvgIpc) is 3.18. The van der Waals surface area contributed by atoms with E-state index in [0.717, 1.165) is 31.1 Å². The molecule has 1 saturated carbocycles. The highest BCUT2D eigenvalue weighted by molar-refractivity contribution is 6.33. The summed E-state index contributed by atoms with van der Waals surface area (Å²) in [5.74, 6) is -1.00. The van der Waals surface area contributed by atoms with Gasteiger partial charge in [-0.15, -0.1) is 0 Å². The number of para-hydroxylation sites is 1. The Hall–Kier alpha value is -3.06. The summed E-state index contributed by atoms with van der Waals surface area (Å²) in [4.78, 5) is 30.5. The number of furan rings is 1. The molecule has 2 heterocycles. The maximum atomic E-state index is 13.1. The van der Waals surface area contributed by atoms with Crippen LogP contribution >= 0.6 is 11.6 Å². The number of nitrogens with one attached hydrogen (secondary N) is 1. The third kappa shape index (κ3) is 4.83. The Bertz CT molecular complexity index is 1170. The smallest absolute Gasteiger partial charge is 0.344 e. The molecule has 0 atom stereocenters. The van der Waals surface area contributed by atoms with E-state index in [1.807, 2.05) is 24.3 Å². The van der Waals surface area contributed by atoms with Crippen molar-refractivity contribution in [2.45, 2.75) is 52.0 Å². The van der Waals surface area contributed by atoms with Crippen LogP contribution in [0.4, 0.5) is 5.88 Å². The molecule has 0 aliphatic heterocycles. The molecule has 1 aliphatic carbocycles. The lowest BCUT2D eigenvalue weighted by Crippen LogP contribution is -2.23. The summed E-state index contributed by atoms with van der Waals surface area (Å²) in [5, 5.41) is 4.32. The van der Waals surface area contributed by atoms with Crippen LogP contribution in [0.1, 0.15) is 66.7 Å². The number of hydrogen-bond donors (Lipinski definition) is 1. The predicted molar refractivity (Wildman–Crippen MR) is 127 cm³/mol. The van der Waals surface area contributed by atoms with Gasteiger partial charge in [0.25, 0.3) is 0 Å². The van der Waals surface area contributed by atoms with Crippen LogP contribution in [0.5, 0.6) is 0 Å². The highest BCUT2D eigenvalue weighted by Gasteiger charge is 2.35. The number of rotatable bonds is 7. The monoisotopic (exact) mass is 470 g/mol. The molecule has 7 nitrogen and oxygen atoms in total. The molecule has 4 rings (SSSR count). The van der Waals surface area contributed by atoms with Gasteiger partial charge in [-0.2, -0.15) is 0 Å². The normalized spacial score (nSPS) is 14.3. The number of hydrogen-bond acceptors (Lipinski definition) is 7. The molecule has 3 aromatic rings. The van der Waals surface area contributed by atoms with Gasteiger partial charge in [-0.25, -0.2) is 14.6 Å². The summed E-state index contributed by atoms with van der Waals surface area (Å²) in [6.07, 6.45) is 5.26. The minimum atomic E-state index is -0.680. The van der Waals surface area contributed by atoms with Crippen LogP contribution in [0.25, 0.3) is 22.2 Å². The number of halogens is 1. The lowest BCUT2D eigenvalue weighted by atomic mass is 9.95. The van der Waals surface area contributed by atoms with Crippen LogP contribution in [-0.2, 0) is 9.47 Å². The zero-order valence-electron chi connectivity index (χ0n) is 18.8. The van der Waals surface area contributed by atoms with Gasteiger partial charge in [0.1, 0.15) is 16.3 Å². The fourth-order valence-corrected chi connectivity index (χ4v) is 4.43. The van der Waals surface area contributed by atoms with Gasteiger partial charge in [-0.3, -0.25) is 0 Å². The summed E-state index contributed by atoms with van der Waals surface area (Å²) in [6.45, 7) is 3.71. The molecule has 8 heteroatoms. The summed E-state index contributed by atoms with van der Waals surface area (Å²) >= 11 is 6.53. The van der Waals surface area contributed by atoms with E-state index in [1.165, 1.54) is 6.42 Å². The third-order valence-electron chi connectivity index (χ3n) is 5.73. The fourth-order valence-electron chi connectivity index (χ4n) is 4.20. The Morgan fingerprint density at radius 3 is 2.42 bits per heavy atom. The minimum absolute atomic E-state index is 0.00686. The molecular formula is C25H27ClN2O5. The highest BCUT2D eigenvalue weighted by Crippen LogP contribution is 2.40. The maximum absolute atomic E-state index is 13.1. The topological polar surface area (TPSA) is 90.7 Å². The molecule has 1 aromatic carbocycles. The van der Waals surface area contributed by atoms with Crippen LogP contribution in [0, 0.1) is 0 Å². The van der Waals surface area contributed by atoms with E-state index in [2.05, 4.69) is 10.3 Å². The van der Waals surface area contributed by atoms with E-state index >= 15 is 0 Å². The number of anilines is 1. The van der Waals surface area contributed by atoms with Gasteiger partial charge in [-0.1, -0.05) is 49.1 Å². The summed E-state index contributed by atoms with van der Waals surface area (Å²) in [6, 6.07) is 9.42. The Labute approximate surface area is 197 Å². The maximum Gasteiger partial charge on any atom is 0.344 e. The Morgan fingerprint density at radius 1 is 1.06 bits per heavy atom. The molecule has 1 fully saturated rings. The first-order chi connectivity index (χ1) is 16.0. The van der Waals surface area contributed by atoms with Gasteiger partial charge < -0.3 is 19.2 Å². The average molecular weight is 471 g/mol. The van der Waals surface area contributed by atoms with E-state index in [1.54, 1.807) is 19.9 Å². The standard InChI is InChI=1S/C25H27ClN2O5/c1-3-31-24(29)19-20(25(30)32-4-2)23(27-16-11-6-5-7-12-16)33-21(19)17-14-15-10-8-9-13-18(15)28-22(17)26/h8-10,13-14,16,27H,3-7,11-12H2,1-2H3. The first-order valence-corrected chi connectivity index (χ1v) is 11.7. The summed E-state index contributed by atoms with van der Waals surface area (Å²) in [7, 11) is 0. The molecule has 0 saturated heterocycles. The van der Waals surface area contributed by atoms with Gasteiger partial charge in [-0.05, 0) is 38.8 Å². The third-order valence-corrected chi connectivity index (χ3v) is 6.02. The zero-order chi connectivity index (χ0) is 23.4. The van der Waals surface area contributed by atoms with E-state index in [0.29, 0.717) is 11.1 Å². The molecule has 174 valence electrons. The molecule has 1 N–H and O–H groups in total. The number of carbonyl (C=O) groups excluding carboxylic acids is 2. The molecule has 0 spiro atoms. The second kappa shape index (κ2) is 10.3. The van der Waals surface area contributed by atoms with Crippen molar-refractivity contribution in [1.29, 1.82) is 0 Å². The number of carbonyl (C=O) groups is 2. The largest absolute Gasteiger partial charge is 0.462 e. The summed E-state index contributed by atoms with van der Waals surface area (Å²) < 4.78 is 16.7. The lowest BCUT2D eigenvalue weighted by molar-refractivity contribution is 0.0481. The van der Waals surface area contributed by atoms with Crippen molar-refractivity contribution in [1.82, 2.24) is 4.98 Å². The number of benzene rings is 1. The molecular weight excluding hydrogens is 444 g/mol. The van der Waals surface area contributed by atoms with E-state index in [9.17, 15) is 9.59 Å². The van der Waals surface area contributed by atoms with Crippen LogP contribution in [0.3, 0.4) is 0 Å². The SMILES string of the molecule is CCOC(=O)c1c(NC2CCCCC2)oc(-c2cc3ccccc3nc2Cl)c1C(=O)OCC. The molecule has 0 radical (unpaired) electrons. The number of fused-ring (bicyclic) bond motifs is 1. The van der Waals surface area contributed by atoms with Gasteiger partial charge in [0.15, 0.2) is 5.76 Å². The number of ether oxygens (including phenoxy) is 2. The first kappa shape index (κ1) is 23.1. The minimum Gasteiger partial charge on any atom is -0.462 e. The predicted octanol–water partition coefficient (Wildman–Crippen LogP) is 6.25. The van der Waals surface area contributed by atoms with Crippen LogP contribution < -0.4 is 5.32 Å². The van der Waals surface area contributed by atoms with Gasteiger partial charge in [0, 0.05) is 11.4 Å². The number of nitrogens with zero attached hydrogens (tertiary/aromatic N) is 1. The second-order valence-corrected chi connectivity index (χ2v) is 8.31.